The second-order valence-corrected chi connectivity index (χ2v) is 5.26. The van der Waals surface area contributed by atoms with Crippen LogP contribution in [-0.2, 0) is 4.79 Å². The van der Waals surface area contributed by atoms with Crippen molar-refractivity contribution in [1.29, 1.82) is 0 Å². The number of hydrogen-bond donors (Lipinski definition) is 1. The van der Waals surface area contributed by atoms with Crippen LogP contribution in [0.5, 0.6) is 5.75 Å². The van der Waals surface area contributed by atoms with Gasteiger partial charge in [0.1, 0.15) is 5.75 Å². The van der Waals surface area contributed by atoms with Crippen LogP contribution >= 0.6 is 12.6 Å². The van der Waals surface area contributed by atoms with Crippen LogP contribution in [0, 0.1) is 0 Å². The van der Waals surface area contributed by atoms with E-state index in [1.807, 2.05) is 38.1 Å². The average Bonchev–Trinajstić information content (AvgIpc) is 2.57. The topological polar surface area (TPSA) is 29.5 Å². The molecule has 1 aromatic rings. The van der Waals surface area contributed by atoms with E-state index in [0.29, 0.717) is 13.0 Å². The van der Waals surface area contributed by atoms with Crippen LogP contribution in [0.15, 0.2) is 24.3 Å². The molecule has 0 saturated carbocycles. The van der Waals surface area contributed by atoms with E-state index in [4.69, 9.17) is 4.74 Å². The summed E-state index contributed by atoms with van der Waals surface area (Å²) in [4.78, 5) is 13.5. The smallest absolute Gasteiger partial charge is 0.228 e. The molecule has 4 heteroatoms. The molecule has 0 aliphatic carbocycles. The number of amides is 1. The average molecular weight is 251 g/mol. The third-order valence-electron chi connectivity index (χ3n) is 2.61. The SMILES string of the molecule is CC(C)Oc1cccc(N2CC(S)CC2=O)c1. The third kappa shape index (κ3) is 2.94. The number of nitrogens with zero attached hydrogens (tertiary/aromatic N) is 1. The minimum atomic E-state index is 0.131. The molecule has 0 radical (unpaired) electrons. The largest absolute Gasteiger partial charge is 0.491 e. The minimum absolute atomic E-state index is 0.131. The summed E-state index contributed by atoms with van der Waals surface area (Å²) >= 11 is 4.35. The van der Waals surface area contributed by atoms with Crippen LogP contribution in [0.2, 0.25) is 0 Å². The number of rotatable bonds is 3. The van der Waals surface area contributed by atoms with E-state index < -0.39 is 0 Å². The van der Waals surface area contributed by atoms with E-state index in [2.05, 4.69) is 12.6 Å². The summed E-state index contributed by atoms with van der Waals surface area (Å²) in [6.07, 6.45) is 0.649. The molecule has 1 unspecified atom stereocenters. The van der Waals surface area contributed by atoms with Crippen molar-refractivity contribution >= 4 is 24.2 Å². The molecule has 1 fully saturated rings. The maximum absolute atomic E-state index is 11.8. The summed E-state index contributed by atoms with van der Waals surface area (Å²) < 4.78 is 5.62. The number of carbonyl (C=O) groups excluding carboxylic acids is 1. The first-order chi connectivity index (χ1) is 8.06. The van der Waals surface area contributed by atoms with Gasteiger partial charge >= 0.3 is 0 Å². The zero-order valence-electron chi connectivity index (χ0n) is 10.1. The third-order valence-corrected chi connectivity index (χ3v) is 2.95. The predicted octanol–water partition coefficient (Wildman–Crippen LogP) is 2.51. The monoisotopic (exact) mass is 251 g/mol. The molecule has 0 aromatic heterocycles. The Hall–Kier alpha value is -1.16. The first-order valence-electron chi connectivity index (χ1n) is 5.81. The fraction of sp³-hybridized carbons (Fsp3) is 0.462. The Morgan fingerprint density at radius 1 is 1.47 bits per heavy atom. The van der Waals surface area contributed by atoms with Gasteiger partial charge in [-0.2, -0.15) is 12.6 Å². The normalized spacial score (nSPS) is 20.1. The molecule has 1 heterocycles. The Kier molecular flexibility index (Phi) is 3.62. The maximum Gasteiger partial charge on any atom is 0.228 e. The zero-order valence-corrected chi connectivity index (χ0v) is 11.0. The Morgan fingerprint density at radius 3 is 2.82 bits per heavy atom. The molecule has 1 aromatic carbocycles. The molecular weight excluding hydrogens is 234 g/mol. The number of ether oxygens (including phenoxy) is 1. The molecule has 2 rings (SSSR count). The van der Waals surface area contributed by atoms with Crippen molar-refractivity contribution in [2.75, 3.05) is 11.4 Å². The highest BCUT2D eigenvalue weighted by Gasteiger charge is 2.28. The number of anilines is 1. The molecule has 0 N–H and O–H groups in total. The maximum atomic E-state index is 11.8. The van der Waals surface area contributed by atoms with Crippen LogP contribution < -0.4 is 9.64 Å². The van der Waals surface area contributed by atoms with Crippen LogP contribution in [0.4, 0.5) is 5.69 Å². The fourth-order valence-electron chi connectivity index (χ4n) is 1.94. The first-order valence-corrected chi connectivity index (χ1v) is 6.33. The second kappa shape index (κ2) is 5.00. The van der Waals surface area contributed by atoms with Crippen LogP contribution in [0.3, 0.4) is 0 Å². The van der Waals surface area contributed by atoms with Gasteiger partial charge in [-0.3, -0.25) is 4.79 Å². The van der Waals surface area contributed by atoms with Gasteiger partial charge in [0.2, 0.25) is 5.91 Å². The molecule has 1 aliphatic rings. The molecule has 1 aliphatic heterocycles. The molecule has 1 amide bonds. The summed E-state index contributed by atoms with van der Waals surface area (Å²) in [7, 11) is 0. The summed E-state index contributed by atoms with van der Waals surface area (Å²) in [5.41, 5.74) is 0.893. The Morgan fingerprint density at radius 2 is 2.24 bits per heavy atom. The van der Waals surface area contributed by atoms with Crippen molar-refractivity contribution in [2.45, 2.75) is 31.6 Å². The highest BCUT2D eigenvalue weighted by atomic mass is 32.1. The van der Waals surface area contributed by atoms with E-state index in [1.165, 1.54) is 0 Å². The van der Waals surface area contributed by atoms with Crippen molar-refractivity contribution in [3.8, 4) is 5.75 Å². The lowest BCUT2D eigenvalue weighted by molar-refractivity contribution is -0.117. The van der Waals surface area contributed by atoms with Crippen LogP contribution in [-0.4, -0.2) is 23.8 Å². The Labute approximate surface area is 107 Å². The highest BCUT2D eigenvalue weighted by molar-refractivity contribution is 7.81. The van der Waals surface area contributed by atoms with E-state index >= 15 is 0 Å². The Bertz CT molecular complexity index is 420. The van der Waals surface area contributed by atoms with Gasteiger partial charge in [-0.15, -0.1) is 0 Å². The quantitative estimate of drug-likeness (QED) is 0.836. The van der Waals surface area contributed by atoms with Crippen molar-refractivity contribution in [3.05, 3.63) is 24.3 Å². The van der Waals surface area contributed by atoms with Gasteiger partial charge in [0.25, 0.3) is 0 Å². The molecule has 17 heavy (non-hydrogen) atoms. The first kappa shape index (κ1) is 12.3. The van der Waals surface area contributed by atoms with Crippen LogP contribution in [0.1, 0.15) is 20.3 Å². The number of benzene rings is 1. The molecule has 1 saturated heterocycles. The van der Waals surface area contributed by atoms with Gasteiger partial charge in [0, 0.05) is 30.0 Å². The van der Waals surface area contributed by atoms with Crippen LogP contribution in [0.25, 0.3) is 0 Å². The van der Waals surface area contributed by atoms with E-state index in [9.17, 15) is 4.79 Å². The summed E-state index contributed by atoms with van der Waals surface area (Å²) in [5, 5.41) is 0.136. The lowest BCUT2D eigenvalue weighted by Crippen LogP contribution is -2.24. The molecule has 1 atom stereocenters. The van der Waals surface area contributed by atoms with Crippen molar-refractivity contribution in [1.82, 2.24) is 0 Å². The van der Waals surface area contributed by atoms with Gasteiger partial charge in [-0.1, -0.05) is 6.07 Å². The standard InChI is InChI=1S/C13H17NO2S/c1-9(2)16-11-5-3-4-10(6-11)14-8-12(17)7-13(14)15/h3-6,9,12,17H,7-8H2,1-2H3. The van der Waals surface area contributed by atoms with E-state index in [-0.39, 0.29) is 17.3 Å². The van der Waals surface area contributed by atoms with Crippen molar-refractivity contribution < 1.29 is 9.53 Å². The molecule has 0 spiro atoms. The fourth-order valence-corrected chi connectivity index (χ4v) is 2.25. The van der Waals surface area contributed by atoms with Crippen molar-refractivity contribution in [3.63, 3.8) is 0 Å². The van der Waals surface area contributed by atoms with Gasteiger partial charge in [-0.05, 0) is 26.0 Å². The second-order valence-electron chi connectivity index (χ2n) is 4.53. The predicted molar refractivity (Wildman–Crippen MR) is 72.0 cm³/mol. The van der Waals surface area contributed by atoms with Crippen molar-refractivity contribution in [2.24, 2.45) is 0 Å². The highest BCUT2D eigenvalue weighted by Crippen LogP contribution is 2.27. The van der Waals surface area contributed by atoms with E-state index in [0.717, 1.165) is 11.4 Å². The minimum Gasteiger partial charge on any atom is -0.491 e. The molecule has 0 bridgehead atoms. The Balaban J connectivity index is 2.18. The number of thiol groups is 1. The molecule has 92 valence electrons. The van der Waals surface area contributed by atoms with Gasteiger partial charge in [0.15, 0.2) is 0 Å². The summed E-state index contributed by atoms with van der Waals surface area (Å²) in [6, 6.07) is 7.65. The lowest BCUT2D eigenvalue weighted by Gasteiger charge is -2.18. The molecule has 3 nitrogen and oxygen atoms in total. The molecular formula is C13H17NO2S. The number of carbonyl (C=O) groups is 1. The lowest BCUT2D eigenvalue weighted by atomic mass is 10.2. The van der Waals surface area contributed by atoms with Gasteiger partial charge in [-0.25, -0.2) is 0 Å². The van der Waals surface area contributed by atoms with Gasteiger partial charge in [0.05, 0.1) is 6.10 Å². The van der Waals surface area contributed by atoms with E-state index in [1.54, 1.807) is 4.90 Å². The zero-order chi connectivity index (χ0) is 12.4. The summed E-state index contributed by atoms with van der Waals surface area (Å²) in [6.45, 7) is 4.64. The summed E-state index contributed by atoms with van der Waals surface area (Å²) in [5.74, 6) is 0.930. The number of hydrogen-bond acceptors (Lipinski definition) is 3. The van der Waals surface area contributed by atoms with Gasteiger partial charge < -0.3 is 9.64 Å².